The highest BCUT2D eigenvalue weighted by Crippen LogP contribution is 2.25. The molecule has 71 valence electrons. The average molecular weight is 199 g/mol. The molecule has 0 amide bonds. The summed E-state index contributed by atoms with van der Waals surface area (Å²) in [5, 5.41) is 12.4. The zero-order chi connectivity index (χ0) is 9.84. The lowest BCUT2D eigenvalue weighted by molar-refractivity contribution is 0.0331. The molecule has 1 radical (unpaired) electrons. The van der Waals surface area contributed by atoms with Gasteiger partial charge in [-0.25, -0.2) is 4.79 Å². The number of esters is 1. The van der Waals surface area contributed by atoms with Gasteiger partial charge < -0.3 is 4.74 Å². The van der Waals surface area contributed by atoms with Crippen molar-refractivity contribution < 1.29 is 14.6 Å². The third kappa shape index (κ3) is 2.45. The monoisotopic (exact) mass is 199 g/mol. The van der Waals surface area contributed by atoms with Crippen molar-refractivity contribution >= 4 is 17.3 Å². The first-order chi connectivity index (χ1) is 6.15. The molecule has 0 aliphatic carbocycles. The number of hydrogen-bond donors (Lipinski definition) is 0. The molecule has 0 fully saturated rings. The van der Waals surface area contributed by atoms with E-state index in [4.69, 9.17) is 4.74 Å². The van der Waals surface area contributed by atoms with Crippen molar-refractivity contribution in [3.63, 3.8) is 0 Å². The molecule has 0 N–H and O–H groups in total. The Kier molecular flexibility index (Phi) is 3.31. The van der Waals surface area contributed by atoms with Gasteiger partial charge in [0.2, 0.25) is 5.06 Å². The number of ether oxygens (including phenoxy) is 1. The van der Waals surface area contributed by atoms with E-state index < -0.39 is 5.97 Å². The highest BCUT2D eigenvalue weighted by atomic mass is 32.1. The number of carbonyl (C=O) groups is 1. The molecule has 1 aromatic heterocycles. The van der Waals surface area contributed by atoms with Crippen LogP contribution in [0.1, 0.15) is 30.6 Å². The molecule has 1 rings (SSSR count). The van der Waals surface area contributed by atoms with Gasteiger partial charge in [0.1, 0.15) is 5.56 Å². The van der Waals surface area contributed by atoms with Gasteiger partial charge in [0, 0.05) is 0 Å². The number of hydrogen-bond acceptors (Lipinski definition) is 3. The molecule has 13 heavy (non-hydrogen) atoms. The van der Waals surface area contributed by atoms with E-state index in [0.717, 1.165) is 17.8 Å². The maximum atomic E-state index is 11.3. The Morgan fingerprint density at radius 3 is 2.85 bits per heavy atom. The van der Waals surface area contributed by atoms with Crippen LogP contribution in [0.3, 0.4) is 0 Å². The first-order valence-electron chi connectivity index (χ1n) is 4.10. The van der Waals surface area contributed by atoms with E-state index in [2.05, 4.69) is 0 Å². The molecule has 0 bridgehead atoms. The van der Waals surface area contributed by atoms with E-state index in [-0.39, 0.29) is 16.7 Å². The normalized spacial score (nSPS) is 12.5. The van der Waals surface area contributed by atoms with Crippen molar-refractivity contribution in [3.05, 3.63) is 17.0 Å². The van der Waals surface area contributed by atoms with Crippen molar-refractivity contribution in [1.29, 1.82) is 0 Å². The zero-order valence-electron chi connectivity index (χ0n) is 7.57. The summed E-state index contributed by atoms with van der Waals surface area (Å²) in [5.74, 6) is -0.513. The van der Waals surface area contributed by atoms with Gasteiger partial charge in [-0.15, -0.1) is 11.3 Å². The van der Waals surface area contributed by atoms with Gasteiger partial charge in [-0.3, -0.25) is 5.11 Å². The lowest BCUT2D eigenvalue weighted by Gasteiger charge is -2.09. The Labute approximate surface area is 81.0 Å². The molecule has 0 saturated heterocycles. The topological polar surface area (TPSA) is 46.2 Å². The Morgan fingerprint density at radius 2 is 2.38 bits per heavy atom. The number of carbonyl (C=O) groups excluding carboxylic acids is 1. The standard InChI is InChI=1S/C9H11O3S/c1-3-6(2)12-8(10)7-4-5-13-9(7)11/h4-6H,3H2,1-2H3. The minimum absolute atomic E-state index is 0.133. The van der Waals surface area contributed by atoms with Crippen LogP contribution in [-0.4, -0.2) is 12.1 Å². The fraction of sp³-hybridized carbons (Fsp3) is 0.444. The van der Waals surface area contributed by atoms with Gasteiger partial charge in [0.25, 0.3) is 0 Å². The Morgan fingerprint density at radius 1 is 1.69 bits per heavy atom. The summed E-state index contributed by atoms with van der Waals surface area (Å²) in [4.78, 5) is 11.3. The summed E-state index contributed by atoms with van der Waals surface area (Å²) in [6, 6.07) is 1.50. The summed E-state index contributed by atoms with van der Waals surface area (Å²) < 4.78 is 4.99. The van der Waals surface area contributed by atoms with Crippen molar-refractivity contribution in [1.82, 2.24) is 0 Å². The van der Waals surface area contributed by atoms with Crippen LogP contribution < -0.4 is 0 Å². The van der Waals surface area contributed by atoms with Gasteiger partial charge in [-0.05, 0) is 24.8 Å². The van der Waals surface area contributed by atoms with Crippen molar-refractivity contribution in [2.24, 2.45) is 0 Å². The van der Waals surface area contributed by atoms with Crippen LogP contribution in [0, 0.1) is 0 Å². The molecule has 1 heterocycles. The van der Waals surface area contributed by atoms with E-state index >= 15 is 0 Å². The van der Waals surface area contributed by atoms with Gasteiger partial charge in [-0.1, -0.05) is 6.92 Å². The highest BCUT2D eigenvalue weighted by molar-refractivity contribution is 7.12. The largest absolute Gasteiger partial charge is 0.459 e. The minimum atomic E-state index is -0.513. The van der Waals surface area contributed by atoms with Crippen LogP contribution in [0.5, 0.6) is 5.06 Å². The number of thiophene rings is 1. The SMILES string of the molecule is CCC(C)OC(=O)c1ccsc1[O]. The van der Waals surface area contributed by atoms with E-state index in [1.165, 1.54) is 6.07 Å². The third-order valence-corrected chi connectivity index (χ3v) is 2.44. The predicted molar refractivity (Wildman–Crippen MR) is 49.6 cm³/mol. The Hall–Kier alpha value is -1.03. The van der Waals surface area contributed by atoms with Gasteiger partial charge in [-0.2, -0.15) is 0 Å². The van der Waals surface area contributed by atoms with Crippen LogP contribution in [0.2, 0.25) is 0 Å². The maximum Gasteiger partial charge on any atom is 0.343 e. The van der Waals surface area contributed by atoms with E-state index in [9.17, 15) is 9.90 Å². The van der Waals surface area contributed by atoms with Gasteiger partial charge >= 0.3 is 5.97 Å². The molecule has 1 atom stereocenters. The predicted octanol–water partition coefficient (Wildman–Crippen LogP) is 2.85. The fourth-order valence-corrected chi connectivity index (χ4v) is 1.38. The lowest BCUT2D eigenvalue weighted by Crippen LogP contribution is -2.13. The molecule has 0 aliphatic rings. The van der Waals surface area contributed by atoms with Crippen molar-refractivity contribution in [2.45, 2.75) is 26.4 Å². The maximum absolute atomic E-state index is 11.3. The van der Waals surface area contributed by atoms with Crippen molar-refractivity contribution in [3.8, 4) is 5.06 Å². The van der Waals surface area contributed by atoms with E-state index in [1.54, 1.807) is 12.3 Å². The molecule has 0 aliphatic heterocycles. The smallest absolute Gasteiger partial charge is 0.343 e. The van der Waals surface area contributed by atoms with Crippen LogP contribution in [0.4, 0.5) is 0 Å². The summed E-state index contributed by atoms with van der Waals surface area (Å²) in [5.41, 5.74) is 0.144. The first kappa shape index (κ1) is 10.1. The lowest BCUT2D eigenvalue weighted by atomic mass is 10.3. The molecular weight excluding hydrogens is 188 g/mol. The second kappa shape index (κ2) is 4.28. The molecule has 1 unspecified atom stereocenters. The summed E-state index contributed by atoms with van der Waals surface area (Å²) in [7, 11) is 0. The van der Waals surface area contributed by atoms with Crippen LogP contribution in [-0.2, 0) is 9.84 Å². The van der Waals surface area contributed by atoms with E-state index in [0.29, 0.717) is 0 Å². The zero-order valence-corrected chi connectivity index (χ0v) is 8.39. The Balaban J connectivity index is 2.64. The van der Waals surface area contributed by atoms with Gasteiger partial charge in [0.05, 0.1) is 6.10 Å². The van der Waals surface area contributed by atoms with Gasteiger partial charge in [0.15, 0.2) is 0 Å². The first-order valence-corrected chi connectivity index (χ1v) is 4.98. The van der Waals surface area contributed by atoms with Crippen LogP contribution in [0.15, 0.2) is 11.4 Å². The average Bonchev–Trinajstić information content (AvgIpc) is 2.51. The third-order valence-electron chi connectivity index (χ3n) is 1.73. The van der Waals surface area contributed by atoms with Crippen molar-refractivity contribution in [2.75, 3.05) is 0 Å². The summed E-state index contributed by atoms with van der Waals surface area (Å²) >= 11 is 1.01. The Bertz CT molecular complexity index is 293. The second-order valence-electron chi connectivity index (χ2n) is 2.75. The number of rotatable bonds is 3. The molecular formula is C9H11O3S. The molecule has 3 nitrogen and oxygen atoms in total. The molecule has 0 saturated carbocycles. The van der Waals surface area contributed by atoms with E-state index in [1.807, 2.05) is 6.92 Å². The fourth-order valence-electron chi connectivity index (χ4n) is 0.776. The second-order valence-corrected chi connectivity index (χ2v) is 3.62. The summed E-state index contributed by atoms with van der Waals surface area (Å²) in [6.45, 7) is 3.72. The van der Waals surface area contributed by atoms with Crippen LogP contribution in [0.25, 0.3) is 0 Å². The minimum Gasteiger partial charge on any atom is -0.459 e. The molecule has 4 heteroatoms. The molecule has 0 aromatic carbocycles. The molecule has 1 aromatic rings. The summed E-state index contributed by atoms with van der Waals surface area (Å²) in [6.07, 6.45) is 0.621. The highest BCUT2D eigenvalue weighted by Gasteiger charge is 2.16. The van der Waals surface area contributed by atoms with Crippen LogP contribution >= 0.6 is 11.3 Å². The quantitative estimate of drug-likeness (QED) is 0.702. The molecule has 0 spiro atoms.